The maximum Gasteiger partial charge on any atom is 0.313 e. The van der Waals surface area contributed by atoms with Gasteiger partial charge in [0.15, 0.2) is 0 Å². The summed E-state index contributed by atoms with van der Waals surface area (Å²) in [5, 5.41) is 8.89. The molecule has 82 valence electrons. The molecule has 0 aromatic heterocycles. The zero-order chi connectivity index (χ0) is 11.8. The highest BCUT2D eigenvalue weighted by molar-refractivity contribution is 9.10. The van der Waals surface area contributed by atoms with Gasteiger partial charge in [0.1, 0.15) is 11.6 Å². The van der Waals surface area contributed by atoms with E-state index in [1.807, 2.05) is 0 Å². The lowest BCUT2D eigenvalue weighted by molar-refractivity contribution is -0.142. The van der Waals surface area contributed by atoms with Crippen LogP contribution in [0.5, 0.6) is 0 Å². The second kappa shape index (κ2) is 3.89. The quantitative estimate of drug-likeness (QED) is 0.845. The van der Waals surface area contributed by atoms with Crippen molar-refractivity contribution in [3.05, 3.63) is 33.8 Å². The Bertz CT molecular complexity index is 416. The molecule has 1 aromatic carbocycles. The van der Waals surface area contributed by atoms with Gasteiger partial charge < -0.3 is 5.11 Å². The lowest BCUT2D eigenvalue weighted by atomic mass is 9.84. The van der Waals surface area contributed by atoms with E-state index in [4.69, 9.17) is 5.11 Å². The zero-order valence-corrected chi connectivity index (χ0v) is 9.73. The average Bonchev–Trinajstić information content (AvgIpc) is 2.11. The Balaban J connectivity index is 3.49. The molecule has 0 bridgehead atoms. The minimum Gasteiger partial charge on any atom is -0.481 e. The van der Waals surface area contributed by atoms with E-state index in [-0.39, 0.29) is 4.47 Å². The van der Waals surface area contributed by atoms with Gasteiger partial charge in [0.2, 0.25) is 0 Å². The molecule has 0 spiro atoms. The molecule has 0 amide bonds. The predicted octanol–water partition coefficient (Wildman–Crippen LogP) is 3.09. The smallest absolute Gasteiger partial charge is 0.313 e. The van der Waals surface area contributed by atoms with Crippen LogP contribution in [0.2, 0.25) is 0 Å². The van der Waals surface area contributed by atoms with Crippen molar-refractivity contribution in [1.82, 2.24) is 0 Å². The summed E-state index contributed by atoms with van der Waals surface area (Å²) in [6, 6.07) is 2.24. The maximum absolute atomic E-state index is 13.6. The first kappa shape index (κ1) is 12.1. The van der Waals surface area contributed by atoms with Crippen LogP contribution in [-0.2, 0) is 10.2 Å². The molecule has 1 N–H and O–H groups in total. The third kappa shape index (κ3) is 2.02. The van der Waals surface area contributed by atoms with Crippen LogP contribution in [0.15, 0.2) is 16.6 Å². The highest BCUT2D eigenvalue weighted by atomic mass is 79.9. The second-order valence-electron chi connectivity index (χ2n) is 3.65. The Morgan fingerprint density at radius 1 is 1.40 bits per heavy atom. The zero-order valence-electron chi connectivity index (χ0n) is 8.14. The summed E-state index contributed by atoms with van der Waals surface area (Å²) in [6.45, 7) is 2.51. The Morgan fingerprint density at radius 3 is 2.40 bits per heavy atom. The molecule has 0 radical (unpaired) electrons. The van der Waals surface area contributed by atoms with E-state index in [2.05, 4.69) is 15.9 Å². The standard InChI is InChI=1S/C10H9BrF2O2/c1-10(2,9(14)15)7-6(12)4-3-5(11)8(7)13/h3-4H,1-2H3,(H,14,15). The average molecular weight is 279 g/mol. The summed E-state index contributed by atoms with van der Waals surface area (Å²) in [5.41, 5.74) is -2.04. The molecule has 0 fully saturated rings. The van der Waals surface area contributed by atoms with Crippen LogP contribution in [-0.4, -0.2) is 11.1 Å². The summed E-state index contributed by atoms with van der Waals surface area (Å²) in [7, 11) is 0. The van der Waals surface area contributed by atoms with Crippen molar-refractivity contribution in [3.63, 3.8) is 0 Å². The summed E-state index contributed by atoms with van der Waals surface area (Å²) in [6.07, 6.45) is 0. The molecule has 0 heterocycles. The molecule has 0 saturated heterocycles. The molecule has 0 atom stereocenters. The normalized spacial score (nSPS) is 11.5. The molecule has 0 aliphatic heterocycles. The highest BCUT2D eigenvalue weighted by Crippen LogP contribution is 2.32. The Morgan fingerprint density at radius 2 is 1.93 bits per heavy atom. The van der Waals surface area contributed by atoms with Crippen molar-refractivity contribution in [1.29, 1.82) is 0 Å². The van der Waals surface area contributed by atoms with Crippen LogP contribution < -0.4 is 0 Å². The van der Waals surface area contributed by atoms with E-state index in [9.17, 15) is 13.6 Å². The number of halogens is 3. The van der Waals surface area contributed by atoms with E-state index >= 15 is 0 Å². The first-order valence-corrected chi connectivity index (χ1v) is 4.95. The van der Waals surface area contributed by atoms with Gasteiger partial charge in [-0.25, -0.2) is 8.78 Å². The molecule has 1 aromatic rings. The molecule has 0 saturated carbocycles. The van der Waals surface area contributed by atoms with E-state index < -0.39 is 28.6 Å². The van der Waals surface area contributed by atoms with Gasteiger partial charge in [-0.1, -0.05) is 0 Å². The van der Waals surface area contributed by atoms with Crippen LogP contribution in [0.4, 0.5) is 8.78 Å². The summed E-state index contributed by atoms with van der Waals surface area (Å²) >= 11 is 2.89. The minimum absolute atomic E-state index is 0.0493. The number of carboxylic acid groups (broad SMARTS) is 1. The molecule has 5 heteroatoms. The van der Waals surface area contributed by atoms with Crippen molar-refractivity contribution >= 4 is 21.9 Å². The molecule has 15 heavy (non-hydrogen) atoms. The lowest BCUT2D eigenvalue weighted by Crippen LogP contribution is -2.31. The molecule has 1 rings (SSSR count). The number of hydrogen-bond donors (Lipinski definition) is 1. The summed E-state index contributed by atoms with van der Waals surface area (Å²) < 4.78 is 27.0. The lowest BCUT2D eigenvalue weighted by Gasteiger charge is -2.21. The molecule has 0 aliphatic carbocycles. The number of carbonyl (C=O) groups is 1. The Hall–Kier alpha value is -0.970. The first-order valence-electron chi connectivity index (χ1n) is 4.16. The highest BCUT2D eigenvalue weighted by Gasteiger charge is 2.35. The topological polar surface area (TPSA) is 37.3 Å². The van der Waals surface area contributed by atoms with Gasteiger partial charge in [-0.15, -0.1) is 0 Å². The fraction of sp³-hybridized carbons (Fsp3) is 0.300. The van der Waals surface area contributed by atoms with Crippen LogP contribution in [0.25, 0.3) is 0 Å². The number of aliphatic carboxylic acids is 1. The van der Waals surface area contributed by atoms with Gasteiger partial charge in [0.05, 0.1) is 9.89 Å². The largest absolute Gasteiger partial charge is 0.481 e. The van der Waals surface area contributed by atoms with Crippen molar-refractivity contribution < 1.29 is 18.7 Å². The SMILES string of the molecule is CC(C)(C(=O)O)c1c(F)ccc(Br)c1F. The molecule has 0 aliphatic rings. The van der Waals surface area contributed by atoms with Gasteiger partial charge in [0, 0.05) is 5.56 Å². The van der Waals surface area contributed by atoms with Gasteiger partial charge in [0.25, 0.3) is 0 Å². The van der Waals surface area contributed by atoms with Crippen LogP contribution in [0.1, 0.15) is 19.4 Å². The van der Waals surface area contributed by atoms with E-state index in [1.165, 1.54) is 19.9 Å². The van der Waals surface area contributed by atoms with Gasteiger partial charge in [-0.05, 0) is 41.9 Å². The summed E-state index contributed by atoms with van der Waals surface area (Å²) in [5.74, 6) is -3.01. The third-order valence-corrected chi connectivity index (χ3v) is 2.82. The number of hydrogen-bond acceptors (Lipinski definition) is 1. The van der Waals surface area contributed by atoms with Crippen LogP contribution >= 0.6 is 15.9 Å². The number of rotatable bonds is 2. The van der Waals surface area contributed by atoms with Gasteiger partial charge in [-0.2, -0.15) is 0 Å². The van der Waals surface area contributed by atoms with Crippen molar-refractivity contribution in [2.75, 3.05) is 0 Å². The van der Waals surface area contributed by atoms with Gasteiger partial charge >= 0.3 is 5.97 Å². The molecular weight excluding hydrogens is 270 g/mol. The number of benzene rings is 1. The summed E-state index contributed by atoms with van der Waals surface area (Å²) in [4.78, 5) is 10.9. The Kier molecular flexibility index (Phi) is 3.13. The maximum atomic E-state index is 13.6. The predicted molar refractivity (Wildman–Crippen MR) is 54.7 cm³/mol. The molecular formula is C10H9BrF2O2. The van der Waals surface area contributed by atoms with E-state index in [0.717, 1.165) is 6.07 Å². The van der Waals surface area contributed by atoms with Crippen molar-refractivity contribution in [2.45, 2.75) is 19.3 Å². The Labute approximate surface area is 94.0 Å². The van der Waals surface area contributed by atoms with Crippen LogP contribution in [0, 0.1) is 11.6 Å². The third-order valence-electron chi connectivity index (χ3n) is 2.20. The van der Waals surface area contributed by atoms with Crippen molar-refractivity contribution in [3.8, 4) is 0 Å². The number of carboxylic acids is 1. The second-order valence-corrected chi connectivity index (χ2v) is 4.50. The molecule has 0 unspecified atom stereocenters. The monoisotopic (exact) mass is 278 g/mol. The molecule has 2 nitrogen and oxygen atoms in total. The van der Waals surface area contributed by atoms with Crippen LogP contribution in [0.3, 0.4) is 0 Å². The van der Waals surface area contributed by atoms with E-state index in [1.54, 1.807) is 0 Å². The van der Waals surface area contributed by atoms with E-state index in [0.29, 0.717) is 0 Å². The van der Waals surface area contributed by atoms with Crippen molar-refractivity contribution in [2.24, 2.45) is 0 Å². The fourth-order valence-electron chi connectivity index (χ4n) is 1.21. The fourth-order valence-corrected chi connectivity index (χ4v) is 1.54. The minimum atomic E-state index is -1.60. The first-order chi connectivity index (χ1) is 6.78. The van der Waals surface area contributed by atoms with Gasteiger partial charge in [-0.3, -0.25) is 4.79 Å².